The highest BCUT2D eigenvalue weighted by atomic mass is 16.5. The summed E-state index contributed by atoms with van der Waals surface area (Å²) in [7, 11) is 4.15. The molecule has 3 aliphatic heterocycles. The van der Waals surface area contributed by atoms with Crippen molar-refractivity contribution in [3.63, 3.8) is 0 Å². The van der Waals surface area contributed by atoms with E-state index in [0.29, 0.717) is 26.4 Å². The minimum atomic E-state index is -0.465. The predicted octanol–water partition coefficient (Wildman–Crippen LogP) is 1.08. The van der Waals surface area contributed by atoms with Crippen molar-refractivity contribution >= 4 is 11.9 Å². The minimum absolute atomic E-state index is 0.0623. The number of rotatable bonds is 6. The Hall–Kier alpha value is -1.18. The molecule has 0 bridgehead atoms. The largest absolute Gasteiger partial charge is 0.466 e. The number of hydrogen-bond acceptors (Lipinski definition) is 6. The summed E-state index contributed by atoms with van der Waals surface area (Å²) in [6.45, 7) is 8.61. The molecule has 3 aliphatic rings. The first-order valence-corrected chi connectivity index (χ1v) is 10.9. The van der Waals surface area contributed by atoms with Crippen LogP contribution in [0, 0.1) is 17.3 Å². The van der Waals surface area contributed by atoms with Crippen LogP contribution in [0.4, 0.5) is 0 Å². The number of ether oxygens (including phenoxy) is 2. The summed E-state index contributed by atoms with van der Waals surface area (Å²) < 4.78 is 11.0. The highest BCUT2D eigenvalue weighted by molar-refractivity contribution is 5.80. The molecule has 1 amide bonds. The molecular formula is C21H37N3O4. The number of hydrogen-bond donors (Lipinski definition) is 0. The van der Waals surface area contributed by atoms with E-state index in [4.69, 9.17) is 9.47 Å². The smallest absolute Gasteiger partial charge is 0.313 e. The third kappa shape index (κ3) is 4.69. The number of amides is 1. The predicted molar refractivity (Wildman–Crippen MR) is 107 cm³/mol. The van der Waals surface area contributed by atoms with Crippen molar-refractivity contribution in [3.05, 3.63) is 0 Å². The molecule has 7 nitrogen and oxygen atoms in total. The fraction of sp³-hybridized carbons (Fsp3) is 0.905. The minimum Gasteiger partial charge on any atom is -0.466 e. The Morgan fingerprint density at radius 1 is 1.21 bits per heavy atom. The fourth-order valence-electron chi connectivity index (χ4n) is 5.06. The van der Waals surface area contributed by atoms with E-state index in [9.17, 15) is 9.59 Å². The fourth-order valence-corrected chi connectivity index (χ4v) is 5.06. The van der Waals surface area contributed by atoms with Gasteiger partial charge >= 0.3 is 5.97 Å². The van der Waals surface area contributed by atoms with Crippen molar-refractivity contribution in [2.45, 2.75) is 32.6 Å². The van der Waals surface area contributed by atoms with Crippen LogP contribution in [0.5, 0.6) is 0 Å². The Morgan fingerprint density at radius 3 is 2.64 bits per heavy atom. The lowest BCUT2D eigenvalue weighted by molar-refractivity contribution is -0.158. The Bertz CT molecular complexity index is 550. The van der Waals surface area contributed by atoms with Crippen molar-refractivity contribution < 1.29 is 19.1 Å². The zero-order valence-electron chi connectivity index (χ0n) is 17.8. The highest BCUT2D eigenvalue weighted by Crippen LogP contribution is 2.44. The molecular weight excluding hydrogens is 358 g/mol. The van der Waals surface area contributed by atoms with E-state index in [2.05, 4.69) is 23.9 Å². The molecule has 7 heteroatoms. The van der Waals surface area contributed by atoms with Crippen molar-refractivity contribution in [2.24, 2.45) is 17.3 Å². The summed E-state index contributed by atoms with van der Waals surface area (Å²) in [6.07, 6.45) is 3.31. The Labute approximate surface area is 169 Å². The number of likely N-dealkylation sites (tertiary alicyclic amines) is 2. The molecule has 3 rings (SSSR count). The van der Waals surface area contributed by atoms with Gasteiger partial charge in [-0.25, -0.2) is 0 Å². The molecule has 3 saturated heterocycles. The highest BCUT2D eigenvalue weighted by Gasteiger charge is 2.54. The van der Waals surface area contributed by atoms with Gasteiger partial charge in [0.15, 0.2) is 0 Å². The van der Waals surface area contributed by atoms with Crippen LogP contribution < -0.4 is 0 Å². The summed E-state index contributed by atoms with van der Waals surface area (Å²) in [4.78, 5) is 32.8. The van der Waals surface area contributed by atoms with Gasteiger partial charge in [-0.2, -0.15) is 0 Å². The molecule has 28 heavy (non-hydrogen) atoms. The summed E-state index contributed by atoms with van der Waals surface area (Å²) in [6, 6.07) is 0. The molecule has 0 aromatic carbocycles. The van der Waals surface area contributed by atoms with Gasteiger partial charge in [0.2, 0.25) is 5.91 Å². The standard InChI is InChI=1S/C21H37N3O4/c1-4-28-20(26)21-8-5-9-24(19(25)17-6-12-27-13-7-17)15-18(21)14-23(16-21)11-10-22(2)3/h17-18H,4-16H2,1-3H3/t18-,21+/m1/s1. The monoisotopic (exact) mass is 395 g/mol. The van der Waals surface area contributed by atoms with Crippen molar-refractivity contribution in [1.82, 2.24) is 14.7 Å². The van der Waals surface area contributed by atoms with E-state index < -0.39 is 5.41 Å². The van der Waals surface area contributed by atoms with Crippen LogP contribution in [-0.4, -0.2) is 99.8 Å². The van der Waals surface area contributed by atoms with Gasteiger partial charge in [0.05, 0.1) is 12.0 Å². The van der Waals surface area contributed by atoms with Crippen LogP contribution in [0.15, 0.2) is 0 Å². The molecule has 0 aromatic heterocycles. The van der Waals surface area contributed by atoms with Crippen LogP contribution in [-0.2, 0) is 19.1 Å². The summed E-state index contributed by atoms with van der Waals surface area (Å²) >= 11 is 0. The molecule has 3 heterocycles. The number of likely N-dealkylation sites (N-methyl/N-ethyl adjacent to an activating group) is 1. The van der Waals surface area contributed by atoms with Crippen LogP contribution >= 0.6 is 0 Å². The van der Waals surface area contributed by atoms with E-state index in [1.165, 1.54) is 0 Å². The SMILES string of the molecule is CCOC(=O)[C@]12CCCN(C(=O)C3CCOCC3)C[C@H]1CN(CCN(C)C)C2. The lowest BCUT2D eigenvalue weighted by atomic mass is 9.75. The zero-order chi connectivity index (χ0) is 20.1. The molecule has 160 valence electrons. The molecule has 0 aromatic rings. The molecule has 0 unspecified atom stereocenters. The first-order chi connectivity index (χ1) is 13.5. The molecule has 0 saturated carbocycles. The number of esters is 1. The average Bonchev–Trinajstić information content (AvgIpc) is 2.94. The Morgan fingerprint density at radius 2 is 1.96 bits per heavy atom. The maximum atomic E-state index is 13.1. The number of carbonyl (C=O) groups is 2. The Balaban J connectivity index is 1.74. The summed E-state index contributed by atoms with van der Waals surface area (Å²) in [5, 5.41) is 0. The van der Waals surface area contributed by atoms with Crippen LogP contribution in [0.2, 0.25) is 0 Å². The second-order valence-electron chi connectivity index (χ2n) is 8.89. The maximum Gasteiger partial charge on any atom is 0.313 e. The third-order valence-electron chi connectivity index (χ3n) is 6.69. The van der Waals surface area contributed by atoms with Gasteiger partial charge in [-0.15, -0.1) is 0 Å². The first kappa shape index (κ1) is 21.5. The van der Waals surface area contributed by atoms with E-state index in [1.54, 1.807) is 0 Å². The van der Waals surface area contributed by atoms with Gasteiger partial charge in [-0.1, -0.05) is 0 Å². The molecule has 2 atom stereocenters. The van der Waals surface area contributed by atoms with E-state index >= 15 is 0 Å². The van der Waals surface area contributed by atoms with Gasteiger partial charge in [-0.05, 0) is 46.7 Å². The van der Waals surface area contributed by atoms with E-state index in [0.717, 1.165) is 58.4 Å². The lowest BCUT2D eigenvalue weighted by Gasteiger charge is -2.33. The Kier molecular flexibility index (Phi) is 7.34. The quantitative estimate of drug-likeness (QED) is 0.627. The van der Waals surface area contributed by atoms with Gasteiger partial charge in [0.25, 0.3) is 0 Å². The van der Waals surface area contributed by atoms with Gasteiger partial charge in [0, 0.05) is 64.3 Å². The van der Waals surface area contributed by atoms with Crippen molar-refractivity contribution in [1.29, 1.82) is 0 Å². The topological polar surface area (TPSA) is 62.3 Å². The lowest BCUT2D eigenvalue weighted by Crippen LogP contribution is -2.45. The number of nitrogens with zero attached hydrogens (tertiary/aromatic N) is 3. The second kappa shape index (κ2) is 9.55. The summed E-state index contributed by atoms with van der Waals surface area (Å²) in [5.41, 5.74) is -0.465. The van der Waals surface area contributed by atoms with Crippen molar-refractivity contribution in [2.75, 3.05) is 73.2 Å². The van der Waals surface area contributed by atoms with Gasteiger partial charge in [0.1, 0.15) is 0 Å². The number of carbonyl (C=O) groups excluding carboxylic acids is 2. The first-order valence-electron chi connectivity index (χ1n) is 10.9. The second-order valence-corrected chi connectivity index (χ2v) is 8.89. The van der Waals surface area contributed by atoms with Crippen LogP contribution in [0.25, 0.3) is 0 Å². The maximum absolute atomic E-state index is 13.1. The van der Waals surface area contributed by atoms with Crippen molar-refractivity contribution in [3.8, 4) is 0 Å². The average molecular weight is 396 g/mol. The molecule has 0 spiro atoms. The summed E-state index contributed by atoms with van der Waals surface area (Å²) in [5.74, 6) is 0.428. The molecule has 0 N–H and O–H groups in total. The molecule has 0 aliphatic carbocycles. The van der Waals surface area contributed by atoms with Crippen LogP contribution in [0.1, 0.15) is 32.6 Å². The third-order valence-corrected chi connectivity index (χ3v) is 6.69. The molecule has 0 radical (unpaired) electrons. The molecule has 3 fully saturated rings. The van der Waals surface area contributed by atoms with E-state index in [1.807, 2.05) is 11.8 Å². The zero-order valence-corrected chi connectivity index (χ0v) is 17.8. The van der Waals surface area contributed by atoms with Gasteiger partial charge < -0.3 is 24.2 Å². The number of fused-ring (bicyclic) bond motifs is 1. The normalized spacial score (nSPS) is 29.6. The van der Waals surface area contributed by atoms with Crippen LogP contribution in [0.3, 0.4) is 0 Å². The van der Waals surface area contributed by atoms with E-state index in [-0.39, 0.29) is 23.7 Å². The van der Waals surface area contributed by atoms with Gasteiger partial charge in [-0.3, -0.25) is 9.59 Å².